The minimum Gasteiger partial charge on any atom is -0.469 e. The molecule has 3 nitrogen and oxygen atoms in total. The molecule has 0 radical (unpaired) electrons. The van der Waals surface area contributed by atoms with Gasteiger partial charge < -0.3 is 4.74 Å². The Morgan fingerprint density at radius 3 is 2.86 bits per heavy atom. The van der Waals surface area contributed by atoms with Crippen LogP contribution in [-0.2, 0) is 16.0 Å². The van der Waals surface area contributed by atoms with Gasteiger partial charge >= 0.3 is 5.97 Å². The number of hydrogen-bond acceptors (Lipinski definition) is 3. The van der Waals surface area contributed by atoms with Crippen molar-refractivity contribution < 1.29 is 9.53 Å². The van der Waals surface area contributed by atoms with Crippen LogP contribution in [0.2, 0.25) is 0 Å². The van der Waals surface area contributed by atoms with E-state index in [1.807, 2.05) is 18.2 Å². The molecular formula is C11H13NO2. The summed E-state index contributed by atoms with van der Waals surface area (Å²) in [5.74, 6) is -0.0943. The van der Waals surface area contributed by atoms with Gasteiger partial charge in [0, 0.05) is 18.3 Å². The maximum atomic E-state index is 11.5. The van der Waals surface area contributed by atoms with E-state index < -0.39 is 0 Å². The third-order valence-electron chi connectivity index (χ3n) is 2.72. The highest BCUT2D eigenvalue weighted by Crippen LogP contribution is 2.49. The van der Waals surface area contributed by atoms with Crippen LogP contribution in [0.25, 0.3) is 0 Å². The minimum atomic E-state index is -0.261. The molecular weight excluding hydrogens is 178 g/mol. The highest BCUT2D eigenvalue weighted by atomic mass is 16.5. The van der Waals surface area contributed by atoms with Crippen LogP contribution < -0.4 is 0 Å². The highest BCUT2D eigenvalue weighted by molar-refractivity contribution is 5.80. The molecule has 2 rings (SSSR count). The summed E-state index contributed by atoms with van der Waals surface area (Å²) in [6.45, 7) is 0. The van der Waals surface area contributed by atoms with Gasteiger partial charge in [-0.05, 0) is 25.0 Å². The number of pyridine rings is 1. The van der Waals surface area contributed by atoms with Crippen LogP contribution in [-0.4, -0.2) is 18.1 Å². The Labute approximate surface area is 83.1 Å². The average molecular weight is 191 g/mol. The van der Waals surface area contributed by atoms with E-state index in [2.05, 4.69) is 4.98 Å². The smallest absolute Gasteiger partial charge is 0.312 e. The van der Waals surface area contributed by atoms with Gasteiger partial charge in [-0.25, -0.2) is 0 Å². The quantitative estimate of drug-likeness (QED) is 0.681. The molecule has 74 valence electrons. The second-order valence-corrected chi connectivity index (χ2v) is 3.77. The van der Waals surface area contributed by atoms with Gasteiger partial charge in [-0.15, -0.1) is 0 Å². The first-order valence-electron chi connectivity index (χ1n) is 4.75. The van der Waals surface area contributed by atoms with Gasteiger partial charge in [0.15, 0.2) is 0 Å². The number of carbonyl (C=O) groups is 1. The molecule has 3 heteroatoms. The molecule has 1 fully saturated rings. The van der Waals surface area contributed by atoms with E-state index in [4.69, 9.17) is 4.74 Å². The number of nitrogens with zero attached hydrogens (tertiary/aromatic N) is 1. The van der Waals surface area contributed by atoms with E-state index in [1.165, 1.54) is 7.11 Å². The Bertz CT molecular complexity index is 330. The lowest BCUT2D eigenvalue weighted by Crippen LogP contribution is -2.20. The lowest BCUT2D eigenvalue weighted by atomic mass is 10.0. The lowest BCUT2D eigenvalue weighted by Gasteiger charge is -2.11. The van der Waals surface area contributed by atoms with Crippen LogP contribution in [0.15, 0.2) is 24.4 Å². The van der Waals surface area contributed by atoms with Crippen molar-refractivity contribution in [1.82, 2.24) is 4.98 Å². The molecule has 0 saturated heterocycles. The number of ether oxygens (including phenoxy) is 1. The summed E-state index contributed by atoms with van der Waals surface area (Å²) >= 11 is 0. The number of esters is 1. The maximum absolute atomic E-state index is 11.5. The molecule has 14 heavy (non-hydrogen) atoms. The van der Waals surface area contributed by atoms with E-state index in [0.717, 1.165) is 18.5 Å². The standard InChI is InChI=1S/C11H13NO2/c1-14-10(13)11(5-6-11)8-9-4-2-3-7-12-9/h2-4,7H,5-6,8H2,1H3. The SMILES string of the molecule is COC(=O)C1(Cc2ccccn2)CC1. The molecule has 0 aliphatic heterocycles. The summed E-state index contributed by atoms with van der Waals surface area (Å²) in [4.78, 5) is 15.7. The zero-order chi connectivity index (χ0) is 10.0. The fourth-order valence-electron chi connectivity index (χ4n) is 1.67. The fourth-order valence-corrected chi connectivity index (χ4v) is 1.67. The highest BCUT2D eigenvalue weighted by Gasteiger charge is 2.51. The van der Waals surface area contributed by atoms with Crippen molar-refractivity contribution in [3.8, 4) is 0 Å². The topological polar surface area (TPSA) is 39.2 Å². The van der Waals surface area contributed by atoms with Crippen LogP contribution in [0, 0.1) is 5.41 Å². The molecule has 1 aliphatic carbocycles. The number of hydrogen-bond donors (Lipinski definition) is 0. The number of methoxy groups -OCH3 is 1. The van der Waals surface area contributed by atoms with Crippen molar-refractivity contribution in [2.24, 2.45) is 5.41 Å². The largest absolute Gasteiger partial charge is 0.469 e. The van der Waals surface area contributed by atoms with Gasteiger partial charge in [0.25, 0.3) is 0 Å². The molecule has 0 spiro atoms. The first-order chi connectivity index (χ1) is 6.77. The van der Waals surface area contributed by atoms with Crippen molar-refractivity contribution >= 4 is 5.97 Å². The first-order valence-corrected chi connectivity index (χ1v) is 4.75. The Balaban J connectivity index is 2.08. The van der Waals surface area contributed by atoms with E-state index >= 15 is 0 Å². The van der Waals surface area contributed by atoms with Gasteiger partial charge in [-0.3, -0.25) is 9.78 Å². The van der Waals surface area contributed by atoms with E-state index in [0.29, 0.717) is 6.42 Å². The molecule has 0 amide bonds. The second kappa shape index (κ2) is 3.40. The summed E-state index contributed by atoms with van der Waals surface area (Å²) in [6, 6.07) is 5.76. The van der Waals surface area contributed by atoms with E-state index in [-0.39, 0.29) is 11.4 Å². The molecule has 1 saturated carbocycles. The Morgan fingerprint density at radius 1 is 1.57 bits per heavy atom. The Morgan fingerprint density at radius 2 is 2.36 bits per heavy atom. The zero-order valence-corrected chi connectivity index (χ0v) is 8.19. The first kappa shape index (κ1) is 9.19. The maximum Gasteiger partial charge on any atom is 0.312 e. The van der Waals surface area contributed by atoms with E-state index in [1.54, 1.807) is 6.20 Å². The fraction of sp³-hybridized carbons (Fsp3) is 0.455. The van der Waals surface area contributed by atoms with Crippen molar-refractivity contribution in [2.45, 2.75) is 19.3 Å². The predicted octanol–water partition coefficient (Wildman–Crippen LogP) is 1.58. The summed E-state index contributed by atoms with van der Waals surface area (Å²) in [6.07, 6.45) is 4.32. The average Bonchev–Trinajstić information content (AvgIpc) is 2.99. The van der Waals surface area contributed by atoms with Gasteiger partial charge in [-0.1, -0.05) is 6.07 Å². The number of aromatic nitrogens is 1. The zero-order valence-electron chi connectivity index (χ0n) is 8.19. The third-order valence-corrected chi connectivity index (χ3v) is 2.72. The molecule has 0 bridgehead atoms. The molecule has 0 unspecified atom stereocenters. The van der Waals surface area contributed by atoms with Crippen LogP contribution in [0.4, 0.5) is 0 Å². The molecule has 1 aliphatic rings. The number of carbonyl (C=O) groups excluding carboxylic acids is 1. The van der Waals surface area contributed by atoms with Crippen LogP contribution >= 0.6 is 0 Å². The molecule has 0 atom stereocenters. The molecule has 0 N–H and O–H groups in total. The summed E-state index contributed by atoms with van der Waals surface area (Å²) in [5, 5.41) is 0. The second-order valence-electron chi connectivity index (χ2n) is 3.77. The Kier molecular flexibility index (Phi) is 2.23. The molecule has 1 aromatic heterocycles. The lowest BCUT2D eigenvalue weighted by molar-refractivity contribution is -0.147. The van der Waals surface area contributed by atoms with Crippen molar-refractivity contribution in [3.63, 3.8) is 0 Å². The number of rotatable bonds is 3. The van der Waals surface area contributed by atoms with Gasteiger partial charge in [0.1, 0.15) is 0 Å². The van der Waals surface area contributed by atoms with Crippen LogP contribution in [0.3, 0.4) is 0 Å². The van der Waals surface area contributed by atoms with Gasteiger partial charge in [-0.2, -0.15) is 0 Å². The normalized spacial score (nSPS) is 17.5. The third kappa shape index (κ3) is 1.62. The molecule has 1 heterocycles. The van der Waals surface area contributed by atoms with E-state index in [9.17, 15) is 4.79 Å². The van der Waals surface area contributed by atoms with Crippen molar-refractivity contribution in [3.05, 3.63) is 30.1 Å². The van der Waals surface area contributed by atoms with Gasteiger partial charge in [0.2, 0.25) is 0 Å². The Hall–Kier alpha value is -1.38. The van der Waals surface area contributed by atoms with Crippen molar-refractivity contribution in [2.75, 3.05) is 7.11 Å². The summed E-state index contributed by atoms with van der Waals surface area (Å²) in [5.41, 5.74) is 0.707. The van der Waals surface area contributed by atoms with Crippen LogP contribution in [0.1, 0.15) is 18.5 Å². The molecule has 1 aromatic rings. The molecule has 0 aromatic carbocycles. The van der Waals surface area contributed by atoms with Gasteiger partial charge in [0.05, 0.1) is 12.5 Å². The summed E-state index contributed by atoms with van der Waals surface area (Å²) < 4.78 is 4.78. The summed E-state index contributed by atoms with van der Waals surface area (Å²) in [7, 11) is 1.45. The predicted molar refractivity (Wildman–Crippen MR) is 51.6 cm³/mol. The monoisotopic (exact) mass is 191 g/mol. The minimum absolute atomic E-state index is 0.0943. The van der Waals surface area contributed by atoms with Crippen LogP contribution in [0.5, 0.6) is 0 Å². The van der Waals surface area contributed by atoms with Crippen molar-refractivity contribution in [1.29, 1.82) is 0 Å².